The van der Waals surface area contributed by atoms with Crippen LogP contribution in [0.4, 0.5) is 10.7 Å². The molecule has 4 aromatic carbocycles. The van der Waals surface area contributed by atoms with E-state index in [2.05, 4.69) is 42.8 Å². The quantitative estimate of drug-likeness (QED) is 0.0849. The molecule has 1 heterocycles. The van der Waals surface area contributed by atoms with Crippen LogP contribution in [0.3, 0.4) is 0 Å². The molecule has 1 aliphatic carbocycles. The van der Waals surface area contributed by atoms with E-state index in [9.17, 15) is 19.6 Å². The van der Waals surface area contributed by atoms with E-state index in [1.165, 1.54) is 48.3 Å². The largest absolute Gasteiger partial charge is 0.493 e. The second kappa shape index (κ2) is 17.8. The van der Waals surface area contributed by atoms with Crippen molar-refractivity contribution in [2.24, 2.45) is 11.3 Å². The third-order valence-electron chi connectivity index (χ3n) is 9.79. The van der Waals surface area contributed by atoms with Gasteiger partial charge in [0.1, 0.15) is 22.0 Å². The van der Waals surface area contributed by atoms with Crippen molar-refractivity contribution in [2.75, 3.05) is 24.9 Å². The number of ether oxygens (including phenoxy) is 2. The zero-order chi connectivity index (χ0) is 39.8. The van der Waals surface area contributed by atoms with Crippen LogP contribution in [0.25, 0.3) is 6.08 Å². The number of para-hydroxylation sites is 1. The van der Waals surface area contributed by atoms with Crippen molar-refractivity contribution >= 4 is 57.6 Å². The molecule has 0 aliphatic heterocycles. The van der Waals surface area contributed by atoms with Gasteiger partial charge in [-0.15, -0.1) is 23.1 Å². The van der Waals surface area contributed by atoms with Gasteiger partial charge in [0.25, 0.3) is 11.8 Å². The van der Waals surface area contributed by atoms with Crippen LogP contribution >= 0.6 is 23.1 Å². The normalized spacial score (nSPS) is 14.4. The summed E-state index contributed by atoms with van der Waals surface area (Å²) in [6.07, 6.45) is 4.26. The Hall–Kier alpha value is -5.83. The first kappa shape index (κ1) is 39.9. The molecule has 11 heteroatoms. The molecule has 2 atom stereocenters. The van der Waals surface area contributed by atoms with Gasteiger partial charge in [0.15, 0.2) is 11.5 Å². The summed E-state index contributed by atoms with van der Waals surface area (Å²) in [5.74, 6) is 0.0817. The number of thiophene rings is 1. The lowest BCUT2D eigenvalue weighted by Gasteiger charge is -2.33. The molecule has 9 nitrogen and oxygen atoms in total. The van der Waals surface area contributed by atoms with Gasteiger partial charge in [0.05, 0.1) is 19.8 Å². The summed E-state index contributed by atoms with van der Waals surface area (Å²) in [6, 6.07) is 32.9. The first-order valence-corrected chi connectivity index (χ1v) is 20.0. The van der Waals surface area contributed by atoms with Crippen molar-refractivity contribution in [1.29, 1.82) is 5.26 Å². The number of nitriles is 1. The lowest BCUT2D eigenvalue weighted by Crippen LogP contribution is -2.30. The fourth-order valence-electron chi connectivity index (χ4n) is 6.71. The SMILES string of the molecule is COc1cccc(/C=C(/NC(=O)c2ccccc2)C(=O)Nc2cccc(SC(C(=O)Nc3sc4c(c3C#N)CCC(C(C)(C)C)C4)c3ccccc3)c2)c1OC. The molecule has 0 saturated carbocycles. The molecule has 0 spiro atoms. The minimum Gasteiger partial charge on any atom is -0.493 e. The van der Waals surface area contributed by atoms with E-state index in [4.69, 9.17) is 9.47 Å². The van der Waals surface area contributed by atoms with E-state index < -0.39 is 17.1 Å². The van der Waals surface area contributed by atoms with Gasteiger partial charge in [0, 0.05) is 26.6 Å². The monoisotopic (exact) mass is 784 g/mol. The van der Waals surface area contributed by atoms with Gasteiger partial charge in [-0.2, -0.15) is 5.26 Å². The number of hydrogen-bond acceptors (Lipinski definition) is 8. The van der Waals surface area contributed by atoms with Gasteiger partial charge in [-0.3, -0.25) is 14.4 Å². The molecule has 0 saturated heterocycles. The van der Waals surface area contributed by atoms with Crippen LogP contribution in [0.1, 0.15) is 69.9 Å². The van der Waals surface area contributed by atoms with E-state index in [1.54, 1.807) is 66.7 Å². The maximum absolute atomic E-state index is 14.2. The van der Waals surface area contributed by atoms with Crippen LogP contribution in [-0.2, 0) is 22.4 Å². The first-order chi connectivity index (χ1) is 27.0. The van der Waals surface area contributed by atoms with Crippen molar-refractivity contribution in [3.8, 4) is 17.6 Å². The maximum atomic E-state index is 14.2. The molecule has 56 heavy (non-hydrogen) atoms. The van der Waals surface area contributed by atoms with Gasteiger partial charge in [-0.05, 0) is 84.2 Å². The Bertz CT molecular complexity index is 2290. The van der Waals surface area contributed by atoms with Gasteiger partial charge in [-0.25, -0.2) is 0 Å². The lowest BCUT2D eigenvalue weighted by molar-refractivity contribution is -0.116. The average Bonchev–Trinajstić information content (AvgIpc) is 3.55. The molecular formula is C45H44N4O5S2. The van der Waals surface area contributed by atoms with Crippen molar-refractivity contribution < 1.29 is 23.9 Å². The summed E-state index contributed by atoms with van der Waals surface area (Å²) in [5, 5.41) is 18.9. The summed E-state index contributed by atoms with van der Waals surface area (Å²) >= 11 is 2.85. The summed E-state index contributed by atoms with van der Waals surface area (Å²) < 4.78 is 11.0. The van der Waals surface area contributed by atoms with Crippen molar-refractivity contribution in [1.82, 2.24) is 5.32 Å². The number of anilines is 2. The Labute approximate surface area is 336 Å². The number of carbonyl (C=O) groups excluding carboxylic acids is 3. The number of fused-ring (bicyclic) bond motifs is 1. The Kier molecular flexibility index (Phi) is 12.6. The number of carbonyl (C=O) groups is 3. The first-order valence-electron chi connectivity index (χ1n) is 18.3. The van der Waals surface area contributed by atoms with Crippen molar-refractivity contribution in [2.45, 2.75) is 50.2 Å². The Morgan fingerprint density at radius 1 is 0.911 bits per heavy atom. The molecule has 2 unspecified atom stereocenters. The van der Waals surface area contributed by atoms with Crippen molar-refractivity contribution in [3.63, 3.8) is 0 Å². The van der Waals surface area contributed by atoms with E-state index >= 15 is 0 Å². The Balaban J connectivity index is 1.26. The molecule has 0 radical (unpaired) electrons. The van der Waals surface area contributed by atoms with Gasteiger partial charge in [0.2, 0.25) is 5.91 Å². The highest BCUT2D eigenvalue weighted by atomic mass is 32.2. The molecule has 1 aromatic heterocycles. The Morgan fingerprint density at radius 3 is 2.30 bits per heavy atom. The number of benzene rings is 4. The third-order valence-corrected chi connectivity index (χ3v) is 12.2. The number of hydrogen-bond donors (Lipinski definition) is 3. The second-order valence-electron chi connectivity index (χ2n) is 14.5. The molecule has 0 fully saturated rings. The number of amides is 3. The second-order valence-corrected chi connectivity index (χ2v) is 16.7. The summed E-state index contributed by atoms with van der Waals surface area (Å²) in [6.45, 7) is 6.77. The number of nitrogens with one attached hydrogen (secondary N) is 3. The zero-order valence-electron chi connectivity index (χ0n) is 32.0. The summed E-state index contributed by atoms with van der Waals surface area (Å²) in [7, 11) is 3.02. The van der Waals surface area contributed by atoms with Gasteiger partial charge >= 0.3 is 0 Å². The number of nitrogens with zero attached hydrogens (tertiary/aromatic N) is 1. The van der Waals surface area contributed by atoms with Crippen LogP contribution < -0.4 is 25.4 Å². The fraction of sp³-hybridized carbons (Fsp3) is 0.244. The molecule has 0 bridgehead atoms. The molecule has 286 valence electrons. The minimum absolute atomic E-state index is 0.0224. The van der Waals surface area contributed by atoms with Gasteiger partial charge in [-0.1, -0.05) is 87.5 Å². The highest BCUT2D eigenvalue weighted by Crippen LogP contribution is 2.45. The van der Waals surface area contributed by atoms with E-state index in [0.717, 1.165) is 35.3 Å². The topological polar surface area (TPSA) is 130 Å². The zero-order valence-corrected chi connectivity index (χ0v) is 33.6. The molecule has 1 aliphatic rings. The van der Waals surface area contributed by atoms with Crippen LogP contribution in [0.5, 0.6) is 11.5 Å². The standard InChI is InChI=1S/C45H44N4O5S2/c1-45(2,3)31-22-23-34-35(27-46)44(56-38(34)25-31)49-43(52)40(28-14-8-6-9-15-28)55-33-20-13-19-32(26-33)47-42(51)36(48-41(50)29-16-10-7-11-17-29)24-30-18-12-21-37(53-4)39(30)54-5/h6-21,24,26,31,40H,22-23,25H2,1-5H3,(H,47,51)(H,48,50)(H,49,52)/b36-24+. The maximum Gasteiger partial charge on any atom is 0.272 e. The minimum atomic E-state index is -0.670. The molecule has 5 aromatic rings. The van der Waals surface area contributed by atoms with Crippen LogP contribution in [0, 0.1) is 22.7 Å². The summed E-state index contributed by atoms with van der Waals surface area (Å²) in [4.78, 5) is 43.3. The number of methoxy groups -OCH3 is 2. The number of thioether (sulfide) groups is 1. The highest BCUT2D eigenvalue weighted by molar-refractivity contribution is 8.00. The average molecular weight is 785 g/mol. The van der Waals surface area contributed by atoms with Gasteiger partial charge < -0.3 is 25.4 Å². The summed E-state index contributed by atoms with van der Waals surface area (Å²) in [5.41, 5.74) is 3.89. The smallest absolute Gasteiger partial charge is 0.272 e. The fourth-order valence-corrected chi connectivity index (χ4v) is 9.08. The molecule has 3 N–H and O–H groups in total. The lowest BCUT2D eigenvalue weighted by atomic mass is 9.72. The third kappa shape index (κ3) is 9.33. The molecule has 6 rings (SSSR count). The highest BCUT2D eigenvalue weighted by Gasteiger charge is 2.33. The predicted octanol–water partition coefficient (Wildman–Crippen LogP) is 9.67. The van der Waals surface area contributed by atoms with Crippen LogP contribution in [0.15, 0.2) is 114 Å². The predicted molar refractivity (Wildman–Crippen MR) is 224 cm³/mol. The van der Waals surface area contributed by atoms with Crippen LogP contribution in [0.2, 0.25) is 0 Å². The molecule has 3 amide bonds. The van der Waals surface area contributed by atoms with Crippen LogP contribution in [-0.4, -0.2) is 31.9 Å². The van der Waals surface area contributed by atoms with E-state index in [0.29, 0.717) is 44.8 Å². The van der Waals surface area contributed by atoms with Crippen molar-refractivity contribution in [3.05, 3.63) is 142 Å². The molecular weight excluding hydrogens is 741 g/mol. The van der Waals surface area contributed by atoms with E-state index in [1.807, 2.05) is 36.4 Å². The Morgan fingerprint density at radius 2 is 1.62 bits per heavy atom. The number of rotatable bonds is 12. The van der Waals surface area contributed by atoms with E-state index in [-0.39, 0.29) is 17.0 Å².